The van der Waals surface area contributed by atoms with Crippen molar-refractivity contribution in [3.63, 3.8) is 0 Å². The van der Waals surface area contributed by atoms with E-state index in [-0.39, 0.29) is 12.1 Å². The summed E-state index contributed by atoms with van der Waals surface area (Å²) in [4.78, 5) is 0. The minimum absolute atomic E-state index is 0.0730. The molecule has 0 heterocycles. The molecule has 0 spiro atoms. The number of rotatable bonds is 7. The Bertz CT molecular complexity index is 93.8. The van der Waals surface area contributed by atoms with E-state index in [1.54, 1.807) is 0 Å². The molecule has 74 valence electrons. The minimum atomic E-state index is -0.299. The zero-order valence-electron chi connectivity index (χ0n) is 8.42. The van der Waals surface area contributed by atoms with Crippen molar-refractivity contribution in [2.75, 3.05) is 0 Å². The molecule has 0 saturated carbocycles. The average molecular weight is 173 g/mol. The van der Waals surface area contributed by atoms with Crippen molar-refractivity contribution in [1.82, 2.24) is 0 Å². The molecular formula is C10H23NO. The third-order valence-electron chi connectivity index (χ3n) is 2.21. The van der Waals surface area contributed by atoms with Crippen LogP contribution in [0.3, 0.4) is 0 Å². The molecule has 0 bridgehead atoms. The van der Waals surface area contributed by atoms with Crippen LogP contribution in [-0.4, -0.2) is 17.3 Å². The number of hydrogen-bond donors (Lipinski definition) is 2. The molecule has 12 heavy (non-hydrogen) atoms. The lowest BCUT2D eigenvalue weighted by Gasteiger charge is -2.13. The van der Waals surface area contributed by atoms with Gasteiger partial charge in [0, 0.05) is 6.04 Å². The van der Waals surface area contributed by atoms with Crippen molar-refractivity contribution < 1.29 is 5.11 Å². The Morgan fingerprint density at radius 2 is 1.75 bits per heavy atom. The summed E-state index contributed by atoms with van der Waals surface area (Å²) in [5.41, 5.74) is 5.53. The summed E-state index contributed by atoms with van der Waals surface area (Å²) in [5.74, 6) is 0. The van der Waals surface area contributed by atoms with Gasteiger partial charge in [0.1, 0.15) is 0 Å². The van der Waals surface area contributed by atoms with Crippen molar-refractivity contribution >= 4 is 0 Å². The van der Waals surface area contributed by atoms with Crippen molar-refractivity contribution in [2.45, 2.75) is 64.5 Å². The molecule has 2 heteroatoms. The Kier molecular flexibility index (Phi) is 7.51. The molecule has 0 aliphatic rings. The molecule has 0 aromatic rings. The van der Waals surface area contributed by atoms with Gasteiger partial charge in [0.05, 0.1) is 6.10 Å². The Morgan fingerprint density at radius 1 is 1.17 bits per heavy atom. The predicted molar refractivity (Wildman–Crippen MR) is 53.0 cm³/mol. The van der Waals surface area contributed by atoms with E-state index in [0.29, 0.717) is 0 Å². The van der Waals surface area contributed by atoms with Crippen molar-refractivity contribution in [1.29, 1.82) is 0 Å². The Morgan fingerprint density at radius 3 is 2.25 bits per heavy atom. The minimum Gasteiger partial charge on any atom is -0.392 e. The Balaban J connectivity index is 3.08. The van der Waals surface area contributed by atoms with Gasteiger partial charge in [-0.15, -0.1) is 0 Å². The molecular weight excluding hydrogens is 150 g/mol. The smallest absolute Gasteiger partial charge is 0.0688 e. The maximum Gasteiger partial charge on any atom is 0.0688 e. The van der Waals surface area contributed by atoms with Crippen LogP contribution in [-0.2, 0) is 0 Å². The number of nitrogens with two attached hydrogens (primary N) is 1. The molecule has 0 aliphatic heterocycles. The van der Waals surface area contributed by atoms with Gasteiger partial charge in [-0.1, -0.05) is 39.0 Å². The molecule has 3 N–H and O–H groups in total. The normalized spacial score (nSPS) is 16.0. The second-order valence-electron chi connectivity index (χ2n) is 3.63. The van der Waals surface area contributed by atoms with Crippen LogP contribution < -0.4 is 5.73 Å². The van der Waals surface area contributed by atoms with E-state index in [9.17, 15) is 5.11 Å². The van der Waals surface area contributed by atoms with E-state index >= 15 is 0 Å². The molecule has 0 aliphatic carbocycles. The van der Waals surface area contributed by atoms with Crippen LogP contribution in [0.2, 0.25) is 0 Å². The molecule has 2 atom stereocenters. The molecule has 0 radical (unpaired) electrons. The highest BCUT2D eigenvalue weighted by Gasteiger charge is 2.07. The highest BCUT2D eigenvalue weighted by atomic mass is 16.3. The SMILES string of the molecule is CCCCCCC[C@H](O)[C@H](C)N. The van der Waals surface area contributed by atoms with Crippen LogP contribution >= 0.6 is 0 Å². The van der Waals surface area contributed by atoms with Crippen LogP contribution in [0.4, 0.5) is 0 Å². The van der Waals surface area contributed by atoms with Crippen LogP contribution in [0.25, 0.3) is 0 Å². The van der Waals surface area contributed by atoms with Gasteiger partial charge in [0.15, 0.2) is 0 Å². The van der Waals surface area contributed by atoms with E-state index in [0.717, 1.165) is 12.8 Å². The van der Waals surface area contributed by atoms with Gasteiger partial charge >= 0.3 is 0 Å². The number of unbranched alkanes of at least 4 members (excludes halogenated alkanes) is 4. The maximum atomic E-state index is 9.36. The highest BCUT2D eigenvalue weighted by Crippen LogP contribution is 2.08. The lowest BCUT2D eigenvalue weighted by molar-refractivity contribution is 0.138. The Hall–Kier alpha value is -0.0800. The highest BCUT2D eigenvalue weighted by molar-refractivity contribution is 4.65. The van der Waals surface area contributed by atoms with Gasteiger partial charge in [0.25, 0.3) is 0 Å². The van der Waals surface area contributed by atoms with Gasteiger partial charge < -0.3 is 10.8 Å². The molecule has 0 amide bonds. The third kappa shape index (κ3) is 6.62. The molecule has 2 nitrogen and oxygen atoms in total. The summed E-state index contributed by atoms with van der Waals surface area (Å²) in [5, 5.41) is 9.36. The van der Waals surface area contributed by atoms with Crippen molar-refractivity contribution in [3.05, 3.63) is 0 Å². The monoisotopic (exact) mass is 173 g/mol. The first kappa shape index (κ1) is 11.9. The van der Waals surface area contributed by atoms with E-state index in [1.807, 2.05) is 6.92 Å². The van der Waals surface area contributed by atoms with Crippen molar-refractivity contribution in [3.8, 4) is 0 Å². The zero-order valence-corrected chi connectivity index (χ0v) is 8.42. The molecule has 0 aromatic heterocycles. The van der Waals surface area contributed by atoms with Gasteiger partial charge in [-0.2, -0.15) is 0 Å². The van der Waals surface area contributed by atoms with Crippen molar-refractivity contribution in [2.24, 2.45) is 5.73 Å². The van der Waals surface area contributed by atoms with Crippen LogP contribution in [0.1, 0.15) is 52.4 Å². The summed E-state index contributed by atoms with van der Waals surface area (Å²) in [6, 6.07) is -0.0730. The first-order valence-electron chi connectivity index (χ1n) is 5.12. The quantitative estimate of drug-likeness (QED) is 0.579. The molecule has 0 unspecified atom stereocenters. The standard InChI is InChI=1S/C10H23NO/c1-3-4-5-6-7-8-10(12)9(2)11/h9-10,12H,3-8,11H2,1-2H3/t9-,10-/m0/s1. The summed E-state index contributed by atoms with van der Waals surface area (Å²) in [7, 11) is 0. The summed E-state index contributed by atoms with van der Waals surface area (Å²) in [6.07, 6.45) is 6.79. The number of aliphatic hydroxyl groups excluding tert-OH is 1. The van der Waals surface area contributed by atoms with Crippen LogP contribution in [0, 0.1) is 0 Å². The van der Waals surface area contributed by atoms with E-state index in [2.05, 4.69) is 6.92 Å². The molecule has 0 rings (SSSR count). The van der Waals surface area contributed by atoms with Gasteiger partial charge in [0.2, 0.25) is 0 Å². The van der Waals surface area contributed by atoms with Gasteiger partial charge in [-0.25, -0.2) is 0 Å². The topological polar surface area (TPSA) is 46.2 Å². The fourth-order valence-corrected chi connectivity index (χ4v) is 1.22. The second-order valence-corrected chi connectivity index (χ2v) is 3.63. The number of hydrogen-bond acceptors (Lipinski definition) is 2. The molecule has 0 aromatic carbocycles. The van der Waals surface area contributed by atoms with Crippen LogP contribution in [0.15, 0.2) is 0 Å². The maximum absolute atomic E-state index is 9.36. The fourth-order valence-electron chi connectivity index (χ4n) is 1.22. The van der Waals surface area contributed by atoms with Gasteiger partial charge in [-0.3, -0.25) is 0 Å². The largest absolute Gasteiger partial charge is 0.392 e. The van der Waals surface area contributed by atoms with Crippen LogP contribution in [0.5, 0.6) is 0 Å². The summed E-state index contributed by atoms with van der Waals surface area (Å²) in [6.45, 7) is 4.06. The zero-order chi connectivity index (χ0) is 9.40. The van der Waals surface area contributed by atoms with Gasteiger partial charge in [-0.05, 0) is 13.3 Å². The first-order valence-corrected chi connectivity index (χ1v) is 5.12. The molecule has 0 saturated heterocycles. The van der Waals surface area contributed by atoms with E-state index in [4.69, 9.17) is 5.73 Å². The van der Waals surface area contributed by atoms with E-state index < -0.39 is 0 Å². The second kappa shape index (κ2) is 7.56. The first-order chi connectivity index (χ1) is 5.68. The van der Waals surface area contributed by atoms with E-state index in [1.165, 1.54) is 25.7 Å². The average Bonchev–Trinajstić information content (AvgIpc) is 2.03. The fraction of sp³-hybridized carbons (Fsp3) is 1.00. The Labute approximate surface area is 76.2 Å². The molecule has 0 fully saturated rings. The lowest BCUT2D eigenvalue weighted by atomic mass is 10.0. The predicted octanol–water partition coefficient (Wildman–Crippen LogP) is 2.06. The number of aliphatic hydroxyl groups is 1. The summed E-state index contributed by atoms with van der Waals surface area (Å²) < 4.78 is 0. The summed E-state index contributed by atoms with van der Waals surface area (Å²) >= 11 is 0. The third-order valence-corrected chi connectivity index (χ3v) is 2.21. The lowest BCUT2D eigenvalue weighted by Crippen LogP contribution is -2.31.